The third kappa shape index (κ3) is 3.06. The molecule has 0 radical (unpaired) electrons. The summed E-state index contributed by atoms with van der Waals surface area (Å²) in [5.41, 5.74) is 1.82. The van der Waals surface area contributed by atoms with Crippen LogP contribution in [-0.2, 0) is 13.6 Å². The van der Waals surface area contributed by atoms with Gasteiger partial charge in [-0.15, -0.1) is 0 Å². The number of nitrogens with one attached hydrogen (secondary N) is 1. The zero-order chi connectivity index (χ0) is 20.9. The predicted octanol–water partition coefficient (Wildman–Crippen LogP) is 2.60. The number of fused-ring (bicyclic) bond motifs is 5. The standard InChI is InChI=1S/C21H23N9O/c1-13-11-30-16-8-18(23-9-14(16)20(27-30)29-6-3-7-29)25-17-4-5-22-19(26-17)15-10-24-28(2)21(15)31-12-13/h4-5,8-10,13H,3,6-7,11-12H2,1-2H3,(H,22,23,25,26). The first-order valence-corrected chi connectivity index (χ1v) is 10.5. The zero-order valence-corrected chi connectivity index (χ0v) is 17.5. The second-order valence-corrected chi connectivity index (χ2v) is 8.23. The van der Waals surface area contributed by atoms with Crippen molar-refractivity contribution >= 4 is 28.4 Å². The maximum Gasteiger partial charge on any atom is 0.222 e. The highest BCUT2D eigenvalue weighted by molar-refractivity contribution is 5.92. The third-order valence-electron chi connectivity index (χ3n) is 5.80. The number of aromatic nitrogens is 7. The van der Waals surface area contributed by atoms with Crippen LogP contribution in [0.2, 0.25) is 0 Å². The van der Waals surface area contributed by atoms with Gasteiger partial charge in [-0.1, -0.05) is 6.92 Å². The molecule has 10 nitrogen and oxygen atoms in total. The van der Waals surface area contributed by atoms with E-state index in [2.05, 4.69) is 41.9 Å². The SMILES string of the molecule is CC1COc2c(cnn2C)-c2nccc(n2)Nc2cc3c(cn2)c(N2CCC2)nn3C1. The smallest absolute Gasteiger partial charge is 0.222 e. The minimum absolute atomic E-state index is 0.231. The highest BCUT2D eigenvalue weighted by Crippen LogP contribution is 2.32. The lowest BCUT2D eigenvalue weighted by Crippen LogP contribution is -2.37. The van der Waals surface area contributed by atoms with Gasteiger partial charge in [0.05, 0.1) is 23.7 Å². The van der Waals surface area contributed by atoms with Crippen LogP contribution in [0.15, 0.2) is 30.7 Å². The molecule has 0 aliphatic carbocycles. The van der Waals surface area contributed by atoms with Gasteiger partial charge < -0.3 is 15.0 Å². The van der Waals surface area contributed by atoms with Crippen molar-refractivity contribution in [2.45, 2.75) is 19.9 Å². The number of aryl methyl sites for hydroxylation is 1. The van der Waals surface area contributed by atoms with E-state index < -0.39 is 0 Å². The van der Waals surface area contributed by atoms with Crippen LogP contribution in [0.4, 0.5) is 17.5 Å². The molecular weight excluding hydrogens is 394 g/mol. The number of rotatable bonds is 1. The molecule has 10 heteroatoms. The van der Waals surface area contributed by atoms with Crippen LogP contribution in [-0.4, -0.2) is 54.2 Å². The molecule has 1 unspecified atom stereocenters. The van der Waals surface area contributed by atoms with Crippen molar-refractivity contribution in [1.29, 1.82) is 0 Å². The first-order valence-electron chi connectivity index (χ1n) is 10.5. The van der Waals surface area contributed by atoms with Gasteiger partial charge in [-0.25, -0.2) is 19.6 Å². The van der Waals surface area contributed by atoms with Gasteiger partial charge in [0.2, 0.25) is 5.88 Å². The monoisotopic (exact) mass is 417 g/mol. The van der Waals surface area contributed by atoms with E-state index in [0.29, 0.717) is 24.1 Å². The van der Waals surface area contributed by atoms with Gasteiger partial charge in [-0.2, -0.15) is 10.2 Å². The second kappa shape index (κ2) is 6.93. The van der Waals surface area contributed by atoms with Crippen molar-refractivity contribution in [3.63, 3.8) is 0 Å². The Morgan fingerprint density at radius 2 is 2.06 bits per heavy atom. The Bertz CT molecular complexity index is 1270. The minimum Gasteiger partial charge on any atom is -0.477 e. The first kappa shape index (κ1) is 18.1. The van der Waals surface area contributed by atoms with E-state index >= 15 is 0 Å². The van der Waals surface area contributed by atoms with Crippen molar-refractivity contribution in [2.24, 2.45) is 13.0 Å². The molecule has 2 aliphatic rings. The molecule has 1 N–H and O–H groups in total. The molecule has 0 amide bonds. The van der Waals surface area contributed by atoms with Gasteiger partial charge >= 0.3 is 0 Å². The summed E-state index contributed by atoms with van der Waals surface area (Å²) in [7, 11) is 1.86. The van der Waals surface area contributed by atoms with Crippen LogP contribution in [0.5, 0.6) is 5.88 Å². The summed E-state index contributed by atoms with van der Waals surface area (Å²) in [6, 6.07) is 3.87. The summed E-state index contributed by atoms with van der Waals surface area (Å²) in [4.78, 5) is 16.0. The molecule has 2 aliphatic heterocycles. The Hall–Kier alpha value is -3.69. The number of pyridine rings is 1. The van der Waals surface area contributed by atoms with Crippen molar-refractivity contribution in [3.8, 4) is 17.3 Å². The maximum atomic E-state index is 6.19. The lowest BCUT2D eigenvalue weighted by atomic mass is 10.2. The van der Waals surface area contributed by atoms with Crippen LogP contribution in [0.1, 0.15) is 13.3 Å². The molecule has 31 heavy (non-hydrogen) atoms. The van der Waals surface area contributed by atoms with Gasteiger partial charge in [0, 0.05) is 51.1 Å². The third-order valence-corrected chi connectivity index (χ3v) is 5.80. The molecule has 0 saturated carbocycles. The quantitative estimate of drug-likeness (QED) is 0.505. The Labute approximate surface area is 178 Å². The van der Waals surface area contributed by atoms with Crippen molar-refractivity contribution in [3.05, 3.63) is 30.7 Å². The Morgan fingerprint density at radius 3 is 2.90 bits per heavy atom. The van der Waals surface area contributed by atoms with E-state index in [9.17, 15) is 0 Å². The van der Waals surface area contributed by atoms with Crippen molar-refractivity contribution < 1.29 is 4.74 Å². The molecule has 6 rings (SSSR count). The van der Waals surface area contributed by atoms with E-state index in [-0.39, 0.29) is 5.92 Å². The van der Waals surface area contributed by atoms with Crippen molar-refractivity contribution in [2.75, 3.05) is 29.9 Å². The highest BCUT2D eigenvalue weighted by Gasteiger charge is 2.24. The van der Waals surface area contributed by atoms with Gasteiger partial charge in [0.25, 0.3) is 0 Å². The van der Waals surface area contributed by atoms with Crippen LogP contribution in [0, 0.1) is 5.92 Å². The van der Waals surface area contributed by atoms with Gasteiger partial charge in [0.1, 0.15) is 17.2 Å². The van der Waals surface area contributed by atoms with Crippen LogP contribution < -0.4 is 15.0 Å². The zero-order valence-electron chi connectivity index (χ0n) is 17.5. The molecule has 1 saturated heterocycles. The average Bonchev–Trinajstić information content (AvgIpc) is 3.25. The molecule has 4 aromatic heterocycles. The van der Waals surface area contributed by atoms with Gasteiger partial charge in [-0.05, 0) is 12.5 Å². The lowest BCUT2D eigenvalue weighted by molar-refractivity contribution is 0.225. The Morgan fingerprint density at radius 1 is 1.16 bits per heavy atom. The molecular formula is C21H23N9O. The number of anilines is 3. The van der Waals surface area contributed by atoms with E-state index in [4.69, 9.17) is 9.84 Å². The fourth-order valence-corrected chi connectivity index (χ4v) is 4.03. The number of hydrogen-bond acceptors (Lipinski definition) is 8. The Balaban J connectivity index is 1.48. The number of nitrogens with zero attached hydrogens (tertiary/aromatic N) is 8. The molecule has 1 atom stereocenters. The number of hydrogen-bond donors (Lipinski definition) is 1. The molecule has 0 aromatic carbocycles. The molecule has 158 valence electrons. The molecule has 1 fully saturated rings. The first-order chi connectivity index (χ1) is 15.2. The van der Waals surface area contributed by atoms with Crippen molar-refractivity contribution in [1.82, 2.24) is 34.5 Å². The highest BCUT2D eigenvalue weighted by atomic mass is 16.5. The molecule has 0 spiro atoms. The summed E-state index contributed by atoms with van der Waals surface area (Å²) in [6.45, 7) is 5.51. The van der Waals surface area contributed by atoms with E-state index in [1.807, 2.05) is 25.4 Å². The van der Waals surface area contributed by atoms with Gasteiger partial charge in [0.15, 0.2) is 11.6 Å². The fourth-order valence-electron chi connectivity index (χ4n) is 4.03. The minimum atomic E-state index is 0.231. The second-order valence-electron chi connectivity index (χ2n) is 8.23. The van der Waals surface area contributed by atoms with E-state index in [0.717, 1.165) is 47.7 Å². The average molecular weight is 417 g/mol. The van der Waals surface area contributed by atoms with E-state index in [1.165, 1.54) is 6.42 Å². The summed E-state index contributed by atoms with van der Waals surface area (Å²) in [5, 5.41) is 13.7. The normalized spacial score (nSPS) is 18.1. The summed E-state index contributed by atoms with van der Waals surface area (Å²) in [5.74, 6) is 3.84. The maximum absolute atomic E-state index is 6.19. The molecule has 6 heterocycles. The molecule has 4 bridgehead atoms. The summed E-state index contributed by atoms with van der Waals surface area (Å²) >= 11 is 0. The molecule has 4 aromatic rings. The van der Waals surface area contributed by atoms with E-state index in [1.54, 1.807) is 17.1 Å². The van der Waals surface area contributed by atoms with Gasteiger partial charge in [-0.3, -0.25) is 4.68 Å². The largest absolute Gasteiger partial charge is 0.477 e. The van der Waals surface area contributed by atoms with Crippen LogP contribution in [0.3, 0.4) is 0 Å². The summed E-state index contributed by atoms with van der Waals surface area (Å²) in [6.07, 6.45) is 6.57. The number of ether oxygens (including phenoxy) is 1. The Kier molecular flexibility index (Phi) is 4.05. The summed E-state index contributed by atoms with van der Waals surface area (Å²) < 4.78 is 9.98. The topological polar surface area (TPSA) is 98.8 Å². The van der Waals surface area contributed by atoms with Crippen LogP contribution in [0.25, 0.3) is 22.3 Å². The predicted molar refractivity (Wildman–Crippen MR) is 117 cm³/mol. The van der Waals surface area contributed by atoms with Crippen LogP contribution >= 0.6 is 0 Å². The lowest BCUT2D eigenvalue weighted by Gasteiger charge is -2.31. The fraction of sp³-hybridized carbons (Fsp3) is 0.381.